The van der Waals surface area contributed by atoms with Crippen molar-refractivity contribution in [1.29, 1.82) is 0 Å². The summed E-state index contributed by atoms with van der Waals surface area (Å²) in [6.07, 6.45) is 44.8. The van der Waals surface area contributed by atoms with Crippen LogP contribution in [0.15, 0.2) is 24.3 Å². The second-order valence-corrected chi connectivity index (χ2v) is 13.1. The van der Waals surface area contributed by atoms with Gasteiger partial charge in [-0.1, -0.05) is 167 Å². The van der Waals surface area contributed by atoms with Gasteiger partial charge in [-0.15, -0.1) is 0 Å². The zero-order valence-corrected chi connectivity index (χ0v) is 29.5. The number of allylic oxidation sites excluding steroid dienone is 4. The van der Waals surface area contributed by atoms with Crippen LogP contribution in [-0.2, 0) is 14.3 Å². The minimum atomic E-state index is -0.811. The predicted molar refractivity (Wildman–Crippen MR) is 190 cm³/mol. The summed E-state index contributed by atoms with van der Waals surface area (Å²) in [4.78, 5) is 23.5. The molecule has 0 heterocycles. The Morgan fingerprint density at radius 2 is 0.909 bits per heavy atom. The number of carboxylic acids is 1. The van der Waals surface area contributed by atoms with E-state index in [-0.39, 0.29) is 18.5 Å². The molecule has 0 spiro atoms. The molecule has 0 saturated carbocycles. The average molecular weight is 619 g/mol. The van der Waals surface area contributed by atoms with Crippen molar-refractivity contribution < 1.29 is 19.4 Å². The lowest BCUT2D eigenvalue weighted by atomic mass is 10.0. The van der Waals surface area contributed by atoms with Gasteiger partial charge in [0.1, 0.15) is 6.10 Å². The maximum Gasteiger partial charge on any atom is 0.306 e. The SMILES string of the molecule is CCCCC/C=C\C/C=C\CCCCCCCCCCCC(=O)OC(CCCCCCCCCCCCCC)CCC(=O)O. The molecule has 0 rings (SSSR count). The number of unbranched alkanes of at least 4 members (excludes halogenated alkanes) is 23. The number of ether oxygens (including phenoxy) is 1. The third kappa shape index (κ3) is 34.9. The molecule has 44 heavy (non-hydrogen) atoms. The van der Waals surface area contributed by atoms with Crippen molar-refractivity contribution >= 4 is 11.9 Å². The van der Waals surface area contributed by atoms with Crippen LogP contribution in [-0.4, -0.2) is 23.1 Å². The molecule has 4 heteroatoms. The molecule has 1 N–H and O–H groups in total. The number of esters is 1. The monoisotopic (exact) mass is 619 g/mol. The first-order chi connectivity index (χ1) is 21.6. The van der Waals surface area contributed by atoms with Gasteiger partial charge in [0, 0.05) is 12.8 Å². The third-order valence-corrected chi connectivity index (χ3v) is 8.69. The van der Waals surface area contributed by atoms with Gasteiger partial charge in [-0.05, 0) is 57.8 Å². The lowest BCUT2D eigenvalue weighted by molar-refractivity contribution is -0.151. The van der Waals surface area contributed by atoms with Crippen molar-refractivity contribution in [3.05, 3.63) is 24.3 Å². The van der Waals surface area contributed by atoms with E-state index < -0.39 is 5.97 Å². The second-order valence-electron chi connectivity index (χ2n) is 13.1. The molecule has 0 aliphatic heterocycles. The van der Waals surface area contributed by atoms with Gasteiger partial charge in [0.05, 0.1) is 0 Å². The number of carbonyl (C=O) groups is 2. The molecule has 0 aromatic heterocycles. The summed E-state index contributed by atoms with van der Waals surface area (Å²) in [5, 5.41) is 9.10. The van der Waals surface area contributed by atoms with Crippen molar-refractivity contribution in [2.24, 2.45) is 0 Å². The summed E-state index contributed by atoms with van der Waals surface area (Å²) >= 11 is 0. The Balaban J connectivity index is 3.71. The van der Waals surface area contributed by atoms with Crippen molar-refractivity contribution in [2.45, 2.75) is 219 Å². The first-order valence-electron chi connectivity index (χ1n) is 19.3. The standard InChI is InChI=1S/C40H74O4/c1-3-5-7-9-11-13-15-17-18-19-20-21-22-23-25-27-29-31-33-35-40(43)44-38(36-37-39(41)42)34-32-30-28-26-24-16-14-12-10-8-6-4-2/h11,13,17-18,38H,3-10,12,14-16,19-37H2,1-2H3,(H,41,42)/b13-11-,18-17-. The molecule has 0 aliphatic rings. The van der Waals surface area contributed by atoms with Crippen molar-refractivity contribution in [1.82, 2.24) is 0 Å². The van der Waals surface area contributed by atoms with Crippen LogP contribution in [0.5, 0.6) is 0 Å². The number of aliphatic carboxylic acids is 1. The van der Waals surface area contributed by atoms with Gasteiger partial charge in [-0.2, -0.15) is 0 Å². The summed E-state index contributed by atoms with van der Waals surface area (Å²) in [6.45, 7) is 4.51. The van der Waals surface area contributed by atoms with Crippen molar-refractivity contribution in [3.8, 4) is 0 Å². The van der Waals surface area contributed by atoms with Gasteiger partial charge in [0.15, 0.2) is 0 Å². The van der Waals surface area contributed by atoms with Gasteiger partial charge >= 0.3 is 11.9 Å². The Bertz CT molecular complexity index is 668. The van der Waals surface area contributed by atoms with Gasteiger partial charge in [0.25, 0.3) is 0 Å². The van der Waals surface area contributed by atoms with Crippen LogP contribution >= 0.6 is 0 Å². The fourth-order valence-electron chi connectivity index (χ4n) is 5.79. The molecule has 0 saturated heterocycles. The summed E-state index contributed by atoms with van der Waals surface area (Å²) in [7, 11) is 0. The lowest BCUT2D eigenvalue weighted by Gasteiger charge is -2.17. The molecule has 0 amide bonds. The van der Waals surface area contributed by atoms with Crippen LogP contribution < -0.4 is 0 Å². The van der Waals surface area contributed by atoms with E-state index in [1.807, 2.05) is 0 Å². The number of hydrogen-bond acceptors (Lipinski definition) is 3. The van der Waals surface area contributed by atoms with Crippen LogP contribution in [0.4, 0.5) is 0 Å². The van der Waals surface area contributed by atoms with E-state index in [9.17, 15) is 9.59 Å². The average Bonchev–Trinajstić information content (AvgIpc) is 3.01. The normalized spacial score (nSPS) is 12.4. The summed E-state index contributed by atoms with van der Waals surface area (Å²) in [6, 6.07) is 0. The Kier molecular flexibility index (Phi) is 34.6. The Morgan fingerprint density at radius 3 is 1.41 bits per heavy atom. The fraction of sp³-hybridized carbons (Fsp3) is 0.850. The Labute approximate surface area is 274 Å². The second kappa shape index (κ2) is 35.9. The first-order valence-corrected chi connectivity index (χ1v) is 19.3. The number of carbonyl (C=O) groups excluding carboxylic acids is 1. The van der Waals surface area contributed by atoms with Gasteiger partial charge < -0.3 is 9.84 Å². The maximum absolute atomic E-state index is 12.4. The van der Waals surface area contributed by atoms with Gasteiger partial charge in [0.2, 0.25) is 0 Å². The van der Waals surface area contributed by atoms with Crippen molar-refractivity contribution in [2.75, 3.05) is 0 Å². The number of carboxylic acid groups (broad SMARTS) is 1. The van der Waals surface area contributed by atoms with Gasteiger partial charge in [-0.25, -0.2) is 0 Å². The highest BCUT2D eigenvalue weighted by molar-refractivity contribution is 5.69. The van der Waals surface area contributed by atoms with E-state index in [0.717, 1.165) is 38.5 Å². The van der Waals surface area contributed by atoms with Crippen LogP contribution in [0.25, 0.3) is 0 Å². The lowest BCUT2D eigenvalue weighted by Crippen LogP contribution is -2.19. The molecule has 0 fully saturated rings. The Hall–Kier alpha value is -1.58. The molecule has 1 atom stereocenters. The van der Waals surface area contributed by atoms with E-state index in [0.29, 0.717) is 12.8 Å². The van der Waals surface area contributed by atoms with E-state index in [4.69, 9.17) is 9.84 Å². The smallest absolute Gasteiger partial charge is 0.306 e. The number of hydrogen-bond donors (Lipinski definition) is 1. The zero-order chi connectivity index (χ0) is 32.2. The molecule has 0 bridgehead atoms. The first kappa shape index (κ1) is 42.4. The highest BCUT2D eigenvalue weighted by Gasteiger charge is 2.16. The summed E-state index contributed by atoms with van der Waals surface area (Å²) in [5.41, 5.74) is 0. The molecular formula is C40H74O4. The summed E-state index contributed by atoms with van der Waals surface area (Å²) in [5.74, 6) is -0.953. The quantitative estimate of drug-likeness (QED) is 0.0436. The molecular weight excluding hydrogens is 544 g/mol. The number of rotatable bonds is 35. The van der Waals surface area contributed by atoms with E-state index in [2.05, 4.69) is 38.2 Å². The maximum atomic E-state index is 12.4. The topological polar surface area (TPSA) is 63.6 Å². The molecule has 0 aromatic carbocycles. The zero-order valence-electron chi connectivity index (χ0n) is 29.5. The molecule has 0 radical (unpaired) electrons. The fourth-order valence-corrected chi connectivity index (χ4v) is 5.79. The van der Waals surface area contributed by atoms with E-state index >= 15 is 0 Å². The third-order valence-electron chi connectivity index (χ3n) is 8.69. The highest BCUT2D eigenvalue weighted by atomic mass is 16.5. The highest BCUT2D eigenvalue weighted by Crippen LogP contribution is 2.18. The molecule has 1 unspecified atom stereocenters. The van der Waals surface area contributed by atoms with Crippen LogP contribution in [0.1, 0.15) is 213 Å². The molecule has 0 aliphatic carbocycles. The molecule has 258 valence electrons. The van der Waals surface area contributed by atoms with Gasteiger partial charge in [-0.3, -0.25) is 9.59 Å². The minimum absolute atomic E-state index is 0.0732. The van der Waals surface area contributed by atoms with Crippen LogP contribution in [0, 0.1) is 0 Å². The largest absolute Gasteiger partial charge is 0.481 e. The molecule has 0 aromatic rings. The van der Waals surface area contributed by atoms with Crippen LogP contribution in [0.3, 0.4) is 0 Å². The predicted octanol–water partition coefficient (Wildman–Crippen LogP) is 13.2. The van der Waals surface area contributed by atoms with E-state index in [1.54, 1.807) is 0 Å². The molecule has 4 nitrogen and oxygen atoms in total. The van der Waals surface area contributed by atoms with Crippen LogP contribution in [0.2, 0.25) is 0 Å². The summed E-state index contributed by atoms with van der Waals surface area (Å²) < 4.78 is 5.73. The van der Waals surface area contributed by atoms with Crippen molar-refractivity contribution in [3.63, 3.8) is 0 Å². The minimum Gasteiger partial charge on any atom is -0.481 e. The Morgan fingerprint density at radius 1 is 0.500 bits per heavy atom. The van der Waals surface area contributed by atoms with E-state index in [1.165, 1.54) is 141 Å².